The number of carbonyl (C=O) groups excluding carboxylic acids is 1. The van der Waals surface area contributed by atoms with Crippen LogP contribution in [0.5, 0.6) is 0 Å². The number of ether oxygens (including phenoxy) is 1. The lowest BCUT2D eigenvalue weighted by atomic mass is 10.2. The number of carbonyl (C=O) groups is 1. The van der Waals surface area contributed by atoms with Gasteiger partial charge in [0.15, 0.2) is 5.96 Å². The molecule has 1 rings (SSSR count). The van der Waals surface area contributed by atoms with Crippen LogP contribution < -0.4 is 10.6 Å². The Labute approximate surface area is 170 Å². The molecule has 25 heavy (non-hydrogen) atoms. The van der Waals surface area contributed by atoms with Gasteiger partial charge in [0.2, 0.25) is 0 Å². The zero-order valence-corrected chi connectivity index (χ0v) is 19.1. The van der Waals surface area contributed by atoms with Crippen molar-refractivity contribution in [2.24, 2.45) is 10.9 Å². The van der Waals surface area contributed by atoms with Gasteiger partial charge in [0.25, 0.3) is 0 Å². The summed E-state index contributed by atoms with van der Waals surface area (Å²) in [6.07, 6.45) is 3.22. The number of amides is 1. The van der Waals surface area contributed by atoms with Gasteiger partial charge >= 0.3 is 6.09 Å². The molecule has 6 nitrogen and oxygen atoms in total. The van der Waals surface area contributed by atoms with Gasteiger partial charge in [-0.05, 0) is 66.7 Å². The van der Waals surface area contributed by atoms with Gasteiger partial charge in [-0.15, -0.1) is 24.0 Å². The van der Waals surface area contributed by atoms with E-state index in [2.05, 4.69) is 22.5 Å². The minimum absolute atomic E-state index is 0. The van der Waals surface area contributed by atoms with Gasteiger partial charge < -0.3 is 20.3 Å². The molecule has 0 radical (unpaired) electrons. The number of nitrogens with zero attached hydrogens (tertiary/aromatic N) is 2. The van der Waals surface area contributed by atoms with E-state index in [0.717, 1.165) is 37.9 Å². The van der Waals surface area contributed by atoms with Gasteiger partial charge in [-0.25, -0.2) is 4.79 Å². The van der Waals surface area contributed by atoms with E-state index >= 15 is 0 Å². The smallest absolute Gasteiger partial charge is 0.410 e. The fraction of sp³-hybridized carbons (Fsp3) is 0.889. The van der Waals surface area contributed by atoms with Crippen LogP contribution in [0.1, 0.15) is 60.8 Å². The third-order valence-corrected chi connectivity index (χ3v) is 3.67. The summed E-state index contributed by atoms with van der Waals surface area (Å²) in [7, 11) is 0. The SMILES string of the molecule is CCNC(=NCC1CC1)NCCCN(C(=O)OC(C)(C)C)C(C)C.I. The highest BCUT2D eigenvalue weighted by molar-refractivity contribution is 14.0. The van der Waals surface area contributed by atoms with Crippen LogP contribution in [0.25, 0.3) is 0 Å². The summed E-state index contributed by atoms with van der Waals surface area (Å²) in [6, 6.07) is 0.122. The van der Waals surface area contributed by atoms with Crippen molar-refractivity contribution >= 4 is 36.0 Å². The van der Waals surface area contributed by atoms with Crippen molar-refractivity contribution in [2.75, 3.05) is 26.2 Å². The maximum absolute atomic E-state index is 12.3. The van der Waals surface area contributed by atoms with Gasteiger partial charge in [0.1, 0.15) is 5.60 Å². The van der Waals surface area contributed by atoms with Gasteiger partial charge in [0.05, 0.1) is 0 Å². The summed E-state index contributed by atoms with van der Waals surface area (Å²) in [6.45, 7) is 15.0. The minimum atomic E-state index is -0.462. The first-order valence-electron chi connectivity index (χ1n) is 9.24. The predicted molar refractivity (Wildman–Crippen MR) is 115 cm³/mol. The molecule has 0 unspecified atom stereocenters. The van der Waals surface area contributed by atoms with Crippen molar-refractivity contribution in [3.8, 4) is 0 Å². The summed E-state index contributed by atoms with van der Waals surface area (Å²) in [5.41, 5.74) is -0.462. The van der Waals surface area contributed by atoms with Crippen molar-refractivity contribution in [3.63, 3.8) is 0 Å². The Bertz CT molecular complexity index is 418. The van der Waals surface area contributed by atoms with Crippen LogP contribution in [0.3, 0.4) is 0 Å². The Morgan fingerprint density at radius 1 is 1.28 bits per heavy atom. The maximum atomic E-state index is 12.3. The second kappa shape index (κ2) is 11.8. The van der Waals surface area contributed by atoms with E-state index in [9.17, 15) is 4.79 Å². The molecule has 0 aromatic carbocycles. The van der Waals surface area contributed by atoms with Crippen LogP contribution >= 0.6 is 24.0 Å². The maximum Gasteiger partial charge on any atom is 0.410 e. The van der Waals surface area contributed by atoms with Crippen molar-refractivity contribution < 1.29 is 9.53 Å². The highest BCUT2D eigenvalue weighted by atomic mass is 127. The number of nitrogens with one attached hydrogen (secondary N) is 2. The zero-order chi connectivity index (χ0) is 18.2. The lowest BCUT2D eigenvalue weighted by Gasteiger charge is -2.30. The Morgan fingerprint density at radius 2 is 1.92 bits per heavy atom. The van der Waals surface area contributed by atoms with E-state index in [1.54, 1.807) is 4.90 Å². The average Bonchev–Trinajstić information content (AvgIpc) is 3.26. The average molecular weight is 468 g/mol. The van der Waals surface area contributed by atoms with Crippen molar-refractivity contribution in [1.82, 2.24) is 15.5 Å². The summed E-state index contributed by atoms with van der Waals surface area (Å²) in [5.74, 6) is 1.65. The molecule has 0 spiro atoms. The van der Waals surface area contributed by atoms with Crippen molar-refractivity contribution in [2.45, 2.75) is 72.4 Å². The van der Waals surface area contributed by atoms with Crippen LogP contribution in [0.15, 0.2) is 4.99 Å². The number of hydrogen-bond donors (Lipinski definition) is 2. The summed E-state index contributed by atoms with van der Waals surface area (Å²) in [5, 5.41) is 6.61. The molecule has 0 heterocycles. The highest BCUT2D eigenvalue weighted by Gasteiger charge is 2.23. The molecule has 1 saturated carbocycles. The third-order valence-electron chi connectivity index (χ3n) is 3.67. The molecule has 2 N–H and O–H groups in total. The molecule has 1 aliphatic carbocycles. The van der Waals surface area contributed by atoms with Crippen LogP contribution in [0.4, 0.5) is 4.79 Å². The fourth-order valence-electron chi connectivity index (χ4n) is 2.20. The molecule has 0 aliphatic heterocycles. The molecule has 0 atom stereocenters. The second-order valence-electron chi connectivity index (χ2n) is 7.71. The monoisotopic (exact) mass is 468 g/mol. The number of halogens is 1. The van der Waals surface area contributed by atoms with E-state index in [4.69, 9.17) is 4.74 Å². The van der Waals surface area contributed by atoms with Crippen molar-refractivity contribution in [1.29, 1.82) is 0 Å². The Morgan fingerprint density at radius 3 is 2.40 bits per heavy atom. The Kier molecular flexibility index (Phi) is 11.5. The Hall–Kier alpha value is -0.730. The molecule has 0 saturated heterocycles. The first-order chi connectivity index (χ1) is 11.2. The van der Waals surface area contributed by atoms with E-state index < -0.39 is 5.60 Å². The van der Waals surface area contributed by atoms with Crippen molar-refractivity contribution in [3.05, 3.63) is 0 Å². The van der Waals surface area contributed by atoms with Gasteiger partial charge in [0, 0.05) is 32.2 Å². The Balaban J connectivity index is 0.00000576. The van der Waals surface area contributed by atoms with Crippen LogP contribution in [0.2, 0.25) is 0 Å². The van der Waals surface area contributed by atoms with Crippen LogP contribution in [0, 0.1) is 5.92 Å². The normalized spacial score (nSPS) is 14.8. The number of rotatable bonds is 8. The largest absolute Gasteiger partial charge is 0.444 e. The standard InChI is InChI=1S/C18H36N4O2.HI/c1-7-19-16(21-13-15-9-10-15)20-11-8-12-22(14(2)3)17(23)24-18(4,5)6;/h14-15H,7-13H2,1-6H3,(H2,19,20,21);1H. The molecular formula is C18H37IN4O2. The molecule has 1 aliphatic rings. The lowest BCUT2D eigenvalue weighted by molar-refractivity contribution is 0.0190. The lowest BCUT2D eigenvalue weighted by Crippen LogP contribution is -2.43. The zero-order valence-electron chi connectivity index (χ0n) is 16.7. The van der Waals surface area contributed by atoms with E-state index in [0.29, 0.717) is 6.54 Å². The molecular weight excluding hydrogens is 431 g/mol. The predicted octanol–water partition coefficient (Wildman–Crippen LogP) is 3.61. The van der Waals surface area contributed by atoms with E-state index in [1.807, 2.05) is 34.6 Å². The molecule has 0 aromatic heterocycles. The fourth-order valence-corrected chi connectivity index (χ4v) is 2.20. The molecule has 148 valence electrons. The summed E-state index contributed by atoms with van der Waals surface area (Å²) < 4.78 is 5.48. The number of guanidine groups is 1. The van der Waals surface area contributed by atoms with Crippen LogP contribution in [-0.4, -0.2) is 54.8 Å². The molecule has 7 heteroatoms. The first kappa shape index (κ1) is 24.3. The third kappa shape index (κ3) is 11.5. The van der Waals surface area contributed by atoms with Crippen LogP contribution in [-0.2, 0) is 4.74 Å². The first-order valence-corrected chi connectivity index (χ1v) is 9.24. The number of aliphatic imine (C=N–C) groups is 1. The van der Waals surface area contributed by atoms with Gasteiger partial charge in [-0.1, -0.05) is 0 Å². The van der Waals surface area contributed by atoms with Gasteiger partial charge in [-0.3, -0.25) is 4.99 Å². The number of hydrogen-bond acceptors (Lipinski definition) is 3. The second-order valence-corrected chi connectivity index (χ2v) is 7.71. The van der Waals surface area contributed by atoms with E-state index in [1.165, 1.54) is 12.8 Å². The van der Waals surface area contributed by atoms with Gasteiger partial charge in [-0.2, -0.15) is 0 Å². The molecule has 0 aromatic rings. The molecule has 1 fully saturated rings. The van der Waals surface area contributed by atoms with E-state index in [-0.39, 0.29) is 36.1 Å². The summed E-state index contributed by atoms with van der Waals surface area (Å²) in [4.78, 5) is 18.6. The highest BCUT2D eigenvalue weighted by Crippen LogP contribution is 2.28. The molecule has 1 amide bonds. The summed E-state index contributed by atoms with van der Waals surface area (Å²) >= 11 is 0. The molecule has 0 bridgehead atoms. The topological polar surface area (TPSA) is 66.0 Å². The minimum Gasteiger partial charge on any atom is -0.444 e. The quantitative estimate of drug-likeness (QED) is 0.247.